The van der Waals surface area contributed by atoms with Crippen LogP contribution < -0.4 is 4.74 Å². The van der Waals surface area contributed by atoms with Crippen molar-refractivity contribution < 1.29 is 44.3 Å². The Morgan fingerprint density at radius 3 is 1.76 bits per heavy atom. The molecule has 3 rings (SSSR count). The van der Waals surface area contributed by atoms with Gasteiger partial charge in [-0.15, -0.1) is 0 Å². The number of hydrogen-bond acceptors (Lipinski definition) is 4. The van der Waals surface area contributed by atoms with Crippen molar-refractivity contribution in [1.29, 1.82) is 0 Å². The molecule has 0 aromatic heterocycles. The zero-order chi connectivity index (χ0) is 24.6. The van der Waals surface area contributed by atoms with Crippen LogP contribution in [0.5, 0.6) is 5.75 Å². The summed E-state index contributed by atoms with van der Waals surface area (Å²) in [6.45, 7) is -0.756. The van der Waals surface area contributed by atoms with Crippen molar-refractivity contribution in [1.82, 2.24) is 9.21 Å². The van der Waals surface area contributed by atoms with Crippen molar-refractivity contribution in [2.45, 2.75) is 17.2 Å². The van der Waals surface area contributed by atoms with E-state index in [1.54, 1.807) is 12.1 Å². The Kier molecular flexibility index (Phi) is 6.67. The molecule has 0 aliphatic carbocycles. The number of ether oxygens (including phenoxy) is 1. The van der Waals surface area contributed by atoms with E-state index in [-0.39, 0.29) is 44.4 Å². The van der Waals surface area contributed by atoms with Crippen molar-refractivity contribution in [3.63, 3.8) is 0 Å². The minimum Gasteiger partial charge on any atom is -0.497 e. The Labute approximate surface area is 185 Å². The summed E-state index contributed by atoms with van der Waals surface area (Å²) in [5.74, 6) is 0.134. The van der Waals surface area contributed by atoms with Gasteiger partial charge in [-0.1, -0.05) is 0 Å². The summed E-state index contributed by atoms with van der Waals surface area (Å²) >= 11 is 0. The molecule has 0 bridgehead atoms. The van der Waals surface area contributed by atoms with E-state index in [4.69, 9.17) is 4.74 Å². The topological polar surface area (TPSA) is 66.9 Å². The molecule has 33 heavy (non-hydrogen) atoms. The van der Waals surface area contributed by atoms with Gasteiger partial charge in [0.25, 0.3) is 5.91 Å². The van der Waals surface area contributed by atoms with Crippen LogP contribution in [0.4, 0.5) is 26.3 Å². The molecule has 0 atom stereocenters. The first-order chi connectivity index (χ1) is 15.2. The van der Waals surface area contributed by atoms with Gasteiger partial charge in [-0.3, -0.25) is 4.79 Å². The first kappa shape index (κ1) is 24.8. The van der Waals surface area contributed by atoms with Crippen LogP contribution in [0, 0.1) is 0 Å². The van der Waals surface area contributed by atoms with Crippen LogP contribution in [-0.2, 0) is 22.4 Å². The maximum Gasteiger partial charge on any atom is 0.416 e. The average Bonchev–Trinajstić information content (AvgIpc) is 2.77. The first-order valence-corrected chi connectivity index (χ1v) is 10.9. The van der Waals surface area contributed by atoms with Crippen molar-refractivity contribution in [2.24, 2.45) is 0 Å². The summed E-state index contributed by atoms with van der Waals surface area (Å²) < 4.78 is 110. The van der Waals surface area contributed by atoms with Crippen LogP contribution in [-0.4, -0.2) is 56.8 Å². The smallest absolute Gasteiger partial charge is 0.416 e. The third-order valence-electron chi connectivity index (χ3n) is 5.06. The summed E-state index contributed by atoms with van der Waals surface area (Å²) in [5.41, 5.74) is -3.12. The third kappa shape index (κ3) is 5.41. The highest BCUT2D eigenvalue weighted by Gasteiger charge is 2.39. The van der Waals surface area contributed by atoms with E-state index in [1.807, 2.05) is 0 Å². The van der Waals surface area contributed by atoms with Gasteiger partial charge in [0.2, 0.25) is 10.0 Å². The Morgan fingerprint density at radius 2 is 1.33 bits per heavy atom. The third-order valence-corrected chi connectivity index (χ3v) is 6.94. The second-order valence-corrected chi connectivity index (χ2v) is 9.10. The lowest BCUT2D eigenvalue weighted by atomic mass is 10.1. The number of nitrogens with zero attached hydrogens (tertiary/aromatic N) is 2. The number of halogens is 6. The zero-order valence-electron chi connectivity index (χ0n) is 17.1. The fourth-order valence-electron chi connectivity index (χ4n) is 3.27. The molecule has 0 saturated carbocycles. The largest absolute Gasteiger partial charge is 0.497 e. The van der Waals surface area contributed by atoms with Gasteiger partial charge in [-0.05, 0) is 42.5 Å². The van der Waals surface area contributed by atoms with Gasteiger partial charge in [0.15, 0.2) is 0 Å². The highest BCUT2D eigenvalue weighted by atomic mass is 32.2. The lowest BCUT2D eigenvalue weighted by molar-refractivity contribution is -0.143. The molecular weight excluding hydrogens is 478 g/mol. The van der Waals surface area contributed by atoms with Gasteiger partial charge in [-0.25, -0.2) is 8.42 Å². The fraction of sp³-hybridized carbons (Fsp3) is 0.350. The summed E-state index contributed by atoms with van der Waals surface area (Å²) in [5, 5.41) is 0. The maximum atomic E-state index is 13.1. The van der Waals surface area contributed by atoms with Crippen LogP contribution >= 0.6 is 0 Å². The molecule has 0 N–H and O–H groups in total. The second-order valence-electron chi connectivity index (χ2n) is 7.17. The van der Waals surface area contributed by atoms with E-state index in [9.17, 15) is 39.6 Å². The monoisotopic (exact) mass is 496 g/mol. The molecule has 13 heteroatoms. The number of benzene rings is 2. The van der Waals surface area contributed by atoms with Gasteiger partial charge in [0, 0.05) is 31.7 Å². The molecule has 1 heterocycles. The molecule has 1 aliphatic heterocycles. The van der Waals surface area contributed by atoms with Crippen molar-refractivity contribution in [2.75, 3.05) is 33.3 Å². The average molecular weight is 496 g/mol. The van der Waals surface area contributed by atoms with Crippen molar-refractivity contribution in [3.8, 4) is 5.75 Å². The highest BCUT2D eigenvalue weighted by molar-refractivity contribution is 7.89. The van der Waals surface area contributed by atoms with E-state index < -0.39 is 44.3 Å². The molecule has 0 radical (unpaired) electrons. The number of hydrogen-bond donors (Lipinski definition) is 0. The highest BCUT2D eigenvalue weighted by Crippen LogP contribution is 2.37. The van der Waals surface area contributed by atoms with Crippen LogP contribution in [0.25, 0.3) is 0 Å². The molecule has 1 amide bonds. The number of sulfonamides is 1. The van der Waals surface area contributed by atoms with Gasteiger partial charge in [0.1, 0.15) is 5.75 Å². The second kappa shape index (κ2) is 8.86. The van der Waals surface area contributed by atoms with Crippen LogP contribution in [0.3, 0.4) is 0 Å². The Hall–Kier alpha value is -2.80. The number of methoxy groups -OCH3 is 1. The predicted octanol–water partition coefficient (Wildman–Crippen LogP) is 3.88. The number of amides is 1. The molecule has 0 spiro atoms. The standard InChI is InChI=1S/C20H18F6N2O4S/c1-32-16-4-2-13(3-5-16)18(29)27-6-8-28(9-7-27)33(30,31)17-11-14(19(21,22)23)10-15(12-17)20(24,25)26/h2-5,10-12H,6-9H2,1H3. The molecule has 6 nitrogen and oxygen atoms in total. The maximum absolute atomic E-state index is 13.1. The normalized spacial score (nSPS) is 16.0. The number of piperazine rings is 1. The number of alkyl halides is 6. The number of carbonyl (C=O) groups is 1. The van der Waals surface area contributed by atoms with Gasteiger partial charge < -0.3 is 9.64 Å². The molecule has 1 fully saturated rings. The van der Waals surface area contributed by atoms with E-state index >= 15 is 0 Å². The minimum atomic E-state index is -5.17. The van der Waals surface area contributed by atoms with Crippen LogP contribution in [0.1, 0.15) is 21.5 Å². The molecule has 0 unspecified atom stereocenters. The molecule has 2 aromatic carbocycles. The molecule has 1 aliphatic rings. The lowest BCUT2D eigenvalue weighted by Crippen LogP contribution is -2.50. The van der Waals surface area contributed by atoms with E-state index in [0.717, 1.165) is 4.31 Å². The van der Waals surface area contributed by atoms with Crippen molar-refractivity contribution in [3.05, 3.63) is 59.2 Å². The number of rotatable bonds is 4. The minimum absolute atomic E-state index is 0.0881. The van der Waals surface area contributed by atoms with Gasteiger partial charge in [-0.2, -0.15) is 30.6 Å². The number of carbonyl (C=O) groups excluding carboxylic acids is 1. The molecular formula is C20H18F6N2O4S. The van der Waals surface area contributed by atoms with E-state index in [2.05, 4.69) is 0 Å². The van der Waals surface area contributed by atoms with Crippen LogP contribution in [0.2, 0.25) is 0 Å². The summed E-state index contributed by atoms with van der Waals surface area (Å²) in [6, 6.07) is 6.40. The molecule has 1 saturated heterocycles. The lowest BCUT2D eigenvalue weighted by Gasteiger charge is -2.34. The Balaban J connectivity index is 1.81. The predicted molar refractivity (Wildman–Crippen MR) is 104 cm³/mol. The van der Waals surface area contributed by atoms with Gasteiger partial charge >= 0.3 is 12.4 Å². The van der Waals surface area contributed by atoms with Crippen molar-refractivity contribution >= 4 is 15.9 Å². The Morgan fingerprint density at radius 1 is 0.848 bits per heavy atom. The quantitative estimate of drug-likeness (QED) is 0.603. The van der Waals surface area contributed by atoms with E-state index in [1.165, 1.54) is 24.1 Å². The zero-order valence-corrected chi connectivity index (χ0v) is 17.9. The SMILES string of the molecule is COc1ccc(C(=O)N2CCN(S(=O)(=O)c3cc(C(F)(F)F)cc(C(F)(F)F)c3)CC2)cc1. The van der Waals surface area contributed by atoms with E-state index in [0.29, 0.717) is 11.3 Å². The Bertz CT molecular complexity index is 1090. The molecule has 2 aromatic rings. The summed E-state index contributed by atoms with van der Waals surface area (Å²) in [6.07, 6.45) is -10.3. The molecule has 180 valence electrons. The summed E-state index contributed by atoms with van der Waals surface area (Å²) in [4.78, 5) is 12.8. The van der Waals surface area contributed by atoms with Crippen LogP contribution in [0.15, 0.2) is 47.4 Å². The van der Waals surface area contributed by atoms with Gasteiger partial charge in [0.05, 0.1) is 23.1 Å². The fourth-order valence-corrected chi connectivity index (χ4v) is 4.77. The summed E-state index contributed by atoms with van der Waals surface area (Å²) in [7, 11) is -3.21. The first-order valence-electron chi connectivity index (χ1n) is 9.46.